The number of aromatic nitrogens is 2. The van der Waals surface area contributed by atoms with Gasteiger partial charge >= 0.3 is 11.9 Å². The van der Waals surface area contributed by atoms with Gasteiger partial charge in [-0.15, -0.1) is 0 Å². The van der Waals surface area contributed by atoms with Crippen LogP contribution in [0.2, 0.25) is 0 Å². The van der Waals surface area contributed by atoms with Crippen LogP contribution in [0.1, 0.15) is 57.1 Å². The monoisotopic (exact) mass is 816 g/mol. The first kappa shape index (κ1) is 42.5. The van der Waals surface area contributed by atoms with Crippen molar-refractivity contribution < 1.29 is 38.7 Å². The zero-order valence-electron chi connectivity index (χ0n) is 35.0. The predicted molar refractivity (Wildman–Crippen MR) is 232 cm³/mol. The molecule has 0 saturated carbocycles. The van der Waals surface area contributed by atoms with Crippen LogP contribution < -0.4 is 9.47 Å². The molecule has 1 aliphatic rings. The van der Waals surface area contributed by atoms with Crippen LogP contribution in [0.4, 0.5) is 0 Å². The largest absolute Gasteiger partial charge is 0.491 e. The lowest BCUT2D eigenvalue weighted by Crippen LogP contribution is -2.51. The lowest BCUT2D eigenvalue weighted by atomic mass is 10.1. The van der Waals surface area contributed by atoms with Crippen molar-refractivity contribution in [2.45, 2.75) is 53.0 Å². The number of hydrogen-bond acceptors (Lipinski definition) is 10. The van der Waals surface area contributed by atoms with E-state index in [1.54, 1.807) is 13.8 Å². The number of carbonyl (C=O) groups is 2. The van der Waals surface area contributed by atoms with E-state index < -0.39 is 12.2 Å². The SMILES string of the molecule is CCOC(=O)c1c(C)n(Cc2ccccc2)c2ccc(OCC(O)CN3CCN(CC(O)COc4ccc5c(c4)c(C(=O)OCC)c(C)n5Cc4ccccc4)CC3)cc12. The highest BCUT2D eigenvalue weighted by Crippen LogP contribution is 2.33. The summed E-state index contributed by atoms with van der Waals surface area (Å²) in [5.41, 5.74) is 6.77. The number of piperazine rings is 1. The maximum atomic E-state index is 13.1. The van der Waals surface area contributed by atoms with Gasteiger partial charge in [0.25, 0.3) is 0 Å². The van der Waals surface area contributed by atoms with E-state index in [0.717, 1.165) is 70.5 Å². The van der Waals surface area contributed by atoms with Gasteiger partial charge in [0.15, 0.2) is 0 Å². The van der Waals surface area contributed by atoms with Crippen molar-refractivity contribution >= 4 is 33.7 Å². The topological polar surface area (TPSA) is 128 Å². The summed E-state index contributed by atoms with van der Waals surface area (Å²) in [5.74, 6) is 0.404. The Hall–Kier alpha value is -5.66. The molecule has 2 unspecified atom stereocenters. The van der Waals surface area contributed by atoms with E-state index in [4.69, 9.17) is 18.9 Å². The fourth-order valence-corrected chi connectivity index (χ4v) is 8.20. The molecule has 1 aliphatic heterocycles. The quantitative estimate of drug-likeness (QED) is 0.0934. The fraction of sp³-hybridized carbons (Fsp3) is 0.375. The third-order valence-corrected chi connectivity index (χ3v) is 11.2. The second-order valence-electron chi connectivity index (χ2n) is 15.4. The summed E-state index contributed by atoms with van der Waals surface area (Å²) in [6, 6.07) is 31.6. The second-order valence-corrected chi connectivity index (χ2v) is 15.4. The Labute approximate surface area is 351 Å². The smallest absolute Gasteiger partial charge is 0.340 e. The van der Waals surface area contributed by atoms with Gasteiger partial charge in [0.2, 0.25) is 0 Å². The van der Waals surface area contributed by atoms with Gasteiger partial charge in [0, 0.05) is 85.6 Å². The minimum atomic E-state index is -0.721. The molecule has 0 spiro atoms. The minimum absolute atomic E-state index is 0.102. The first-order valence-electron chi connectivity index (χ1n) is 20.9. The molecule has 2 N–H and O–H groups in total. The van der Waals surface area contributed by atoms with E-state index in [9.17, 15) is 19.8 Å². The van der Waals surface area contributed by atoms with Crippen LogP contribution in [0.5, 0.6) is 11.5 Å². The van der Waals surface area contributed by atoms with Crippen LogP contribution in [0.15, 0.2) is 97.1 Å². The molecule has 0 bridgehead atoms. The van der Waals surface area contributed by atoms with Crippen molar-refractivity contribution in [3.63, 3.8) is 0 Å². The first-order valence-corrected chi connectivity index (χ1v) is 20.9. The molecule has 2 aromatic heterocycles. The van der Waals surface area contributed by atoms with Crippen molar-refractivity contribution in [3.8, 4) is 11.5 Å². The zero-order valence-corrected chi connectivity index (χ0v) is 35.0. The number of aliphatic hydroxyl groups is 2. The Morgan fingerprint density at radius 1 is 0.583 bits per heavy atom. The number of esters is 2. The maximum Gasteiger partial charge on any atom is 0.340 e. The normalized spacial score (nSPS) is 14.6. The number of rotatable bonds is 18. The van der Waals surface area contributed by atoms with Crippen LogP contribution >= 0.6 is 0 Å². The van der Waals surface area contributed by atoms with E-state index >= 15 is 0 Å². The molecule has 316 valence electrons. The number of hydrogen-bond donors (Lipinski definition) is 2. The average molecular weight is 817 g/mol. The highest BCUT2D eigenvalue weighted by molar-refractivity contribution is 6.07. The van der Waals surface area contributed by atoms with Gasteiger partial charge in [-0.1, -0.05) is 60.7 Å². The molecule has 12 nitrogen and oxygen atoms in total. The van der Waals surface area contributed by atoms with Crippen molar-refractivity contribution in [3.05, 3.63) is 131 Å². The molecule has 0 radical (unpaired) electrons. The van der Waals surface area contributed by atoms with Crippen LogP contribution in [0, 0.1) is 13.8 Å². The summed E-state index contributed by atoms with van der Waals surface area (Å²) < 4.78 is 27.3. The third kappa shape index (κ3) is 9.85. The number of benzene rings is 4. The molecule has 0 aliphatic carbocycles. The predicted octanol–water partition coefficient (Wildman–Crippen LogP) is 6.46. The third-order valence-electron chi connectivity index (χ3n) is 11.2. The van der Waals surface area contributed by atoms with Crippen molar-refractivity contribution in [2.24, 2.45) is 0 Å². The van der Waals surface area contributed by atoms with Gasteiger partial charge in [-0.25, -0.2) is 9.59 Å². The van der Waals surface area contributed by atoms with E-state index in [-0.39, 0.29) is 38.4 Å². The maximum absolute atomic E-state index is 13.1. The number of ether oxygens (including phenoxy) is 4. The van der Waals surface area contributed by atoms with Gasteiger partial charge in [-0.05, 0) is 75.2 Å². The highest BCUT2D eigenvalue weighted by atomic mass is 16.5. The lowest BCUT2D eigenvalue weighted by molar-refractivity contribution is 0.0241. The number of nitrogens with zero attached hydrogens (tertiary/aromatic N) is 4. The van der Waals surface area contributed by atoms with Gasteiger partial charge < -0.3 is 38.3 Å². The molecule has 0 amide bonds. The summed E-state index contributed by atoms with van der Waals surface area (Å²) in [6.45, 7) is 13.3. The molecule has 7 rings (SSSR count). The first-order chi connectivity index (χ1) is 29.1. The Kier molecular flexibility index (Phi) is 13.9. The van der Waals surface area contributed by atoms with Gasteiger partial charge in [-0.3, -0.25) is 9.80 Å². The minimum Gasteiger partial charge on any atom is -0.491 e. The molecule has 4 aromatic carbocycles. The molecule has 3 heterocycles. The molecule has 6 aromatic rings. The molecule has 2 atom stereocenters. The van der Waals surface area contributed by atoms with E-state index in [2.05, 4.69) is 43.2 Å². The van der Waals surface area contributed by atoms with E-state index in [1.807, 2.05) is 86.6 Å². The Balaban J connectivity index is 0.900. The molecular weight excluding hydrogens is 761 g/mol. The van der Waals surface area contributed by atoms with Crippen LogP contribution in [-0.4, -0.2) is 119 Å². The van der Waals surface area contributed by atoms with Crippen LogP contribution in [-0.2, 0) is 22.6 Å². The highest BCUT2D eigenvalue weighted by Gasteiger charge is 2.25. The number of β-amino-alcohol motifs (C(OH)–C–C–N with tert-alkyl or cyclic N) is 2. The molecule has 60 heavy (non-hydrogen) atoms. The summed E-state index contributed by atoms with van der Waals surface area (Å²) in [6.07, 6.45) is -1.44. The summed E-state index contributed by atoms with van der Waals surface area (Å²) in [4.78, 5) is 30.6. The van der Waals surface area contributed by atoms with Crippen molar-refractivity contribution in [1.82, 2.24) is 18.9 Å². The summed E-state index contributed by atoms with van der Waals surface area (Å²) in [7, 11) is 0. The van der Waals surface area contributed by atoms with Crippen LogP contribution in [0.25, 0.3) is 21.8 Å². The Morgan fingerprint density at radius 3 is 1.33 bits per heavy atom. The molecular formula is C48H56N4O8. The Bertz CT molecular complexity index is 2220. The molecule has 1 saturated heterocycles. The summed E-state index contributed by atoms with van der Waals surface area (Å²) >= 11 is 0. The van der Waals surface area contributed by atoms with Gasteiger partial charge in [0.05, 0.1) is 24.3 Å². The van der Waals surface area contributed by atoms with Gasteiger partial charge in [0.1, 0.15) is 36.9 Å². The zero-order chi connectivity index (χ0) is 42.2. The fourth-order valence-electron chi connectivity index (χ4n) is 8.20. The average Bonchev–Trinajstić information content (AvgIpc) is 3.68. The lowest BCUT2D eigenvalue weighted by Gasteiger charge is -2.36. The standard InChI is InChI=1S/C48H56N4O8/c1-5-57-47(55)45-33(3)51(27-35-13-9-7-10-14-35)43-19-17-39(25-41(43)45)59-31-37(53)29-49-21-23-50(24-22-49)30-38(54)32-60-40-18-20-44-42(26-40)46(48(56)58-6-2)34(4)52(44)28-36-15-11-8-12-16-36/h7-20,25-26,37-38,53-54H,5-6,21-24,27-32H2,1-4H3. The van der Waals surface area contributed by atoms with Crippen molar-refractivity contribution in [2.75, 3.05) is 65.7 Å². The molecule has 1 fully saturated rings. The Morgan fingerprint density at radius 2 is 0.967 bits per heavy atom. The second kappa shape index (κ2) is 19.6. The van der Waals surface area contributed by atoms with Gasteiger partial charge in [-0.2, -0.15) is 0 Å². The number of carbonyl (C=O) groups excluding carboxylic acids is 2. The molecule has 12 heteroatoms. The number of aliphatic hydroxyl groups excluding tert-OH is 2. The van der Waals surface area contributed by atoms with E-state index in [1.165, 1.54) is 0 Å². The van der Waals surface area contributed by atoms with Crippen molar-refractivity contribution in [1.29, 1.82) is 0 Å². The van der Waals surface area contributed by atoms with E-state index in [0.29, 0.717) is 48.8 Å². The summed E-state index contributed by atoms with van der Waals surface area (Å²) in [5, 5.41) is 23.5. The van der Waals surface area contributed by atoms with Crippen LogP contribution in [0.3, 0.4) is 0 Å². The number of fused-ring (bicyclic) bond motifs is 2.